The molecule has 7 heteroatoms. The van der Waals surface area contributed by atoms with Crippen molar-refractivity contribution in [1.82, 2.24) is 10.3 Å². The number of carbonyl (C=O) groups excluding carboxylic acids is 1. The molecule has 0 radical (unpaired) electrons. The quantitative estimate of drug-likeness (QED) is 0.849. The zero-order valence-electron chi connectivity index (χ0n) is 9.04. The van der Waals surface area contributed by atoms with Crippen LogP contribution in [0.1, 0.15) is 16.1 Å². The molecule has 0 atom stereocenters. The van der Waals surface area contributed by atoms with Gasteiger partial charge in [0, 0.05) is 24.2 Å². The van der Waals surface area contributed by atoms with E-state index in [0.29, 0.717) is 5.56 Å². The van der Waals surface area contributed by atoms with Gasteiger partial charge in [-0.05, 0) is 30.8 Å². The van der Waals surface area contributed by atoms with E-state index in [-0.39, 0.29) is 24.1 Å². The number of thioether (sulfide) groups is 1. The van der Waals surface area contributed by atoms with Gasteiger partial charge < -0.3 is 5.32 Å². The van der Waals surface area contributed by atoms with Crippen molar-refractivity contribution in [3.8, 4) is 0 Å². The highest BCUT2D eigenvalue weighted by Crippen LogP contribution is 2.29. The topological polar surface area (TPSA) is 42.0 Å². The zero-order chi connectivity index (χ0) is 12.9. The van der Waals surface area contributed by atoms with Gasteiger partial charge in [-0.3, -0.25) is 9.78 Å². The number of nitrogens with zero attached hydrogens (tertiary/aromatic N) is 1. The van der Waals surface area contributed by atoms with Crippen LogP contribution in [0, 0.1) is 6.92 Å². The van der Waals surface area contributed by atoms with Gasteiger partial charge in [0.25, 0.3) is 5.91 Å². The second-order valence-corrected chi connectivity index (χ2v) is 4.40. The van der Waals surface area contributed by atoms with Gasteiger partial charge in [0.05, 0.1) is 5.56 Å². The lowest BCUT2D eigenvalue weighted by Crippen LogP contribution is -2.26. The smallest absolute Gasteiger partial charge is 0.351 e. The second-order valence-electron chi connectivity index (χ2n) is 3.24. The van der Waals surface area contributed by atoms with Crippen LogP contribution in [0.3, 0.4) is 0 Å². The Kier molecular flexibility index (Phi) is 4.80. The predicted octanol–water partition coefficient (Wildman–Crippen LogP) is 2.37. The Morgan fingerprint density at radius 1 is 1.47 bits per heavy atom. The van der Waals surface area contributed by atoms with Gasteiger partial charge in [0.15, 0.2) is 0 Å². The first-order chi connectivity index (χ1) is 7.88. The lowest BCUT2D eigenvalue weighted by atomic mass is 10.2. The van der Waals surface area contributed by atoms with Crippen LogP contribution in [0.5, 0.6) is 0 Å². The van der Waals surface area contributed by atoms with E-state index in [0.717, 1.165) is 5.69 Å². The van der Waals surface area contributed by atoms with E-state index < -0.39 is 11.4 Å². The minimum Gasteiger partial charge on any atom is -0.351 e. The molecule has 17 heavy (non-hydrogen) atoms. The number of rotatable bonds is 4. The molecule has 1 amide bonds. The van der Waals surface area contributed by atoms with E-state index in [9.17, 15) is 18.0 Å². The lowest BCUT2D eigenvalue weighted by Gasteiger charge is -2.07. The average Bonchev–Trinajstić information content (AvgIpc) is 2.24. The summed E-state index contributed by atoms with van der Waals surface area (Å²) >= 11 is -0.157. The molecule has 0 aromatic carbocycles. The van der Waals surface area contributed by atoms with Crippen molar-refractivity contribution >= 4 is 17.7 Å². The molecular weight excluding hydrogens is 253 g/mol. The molecule has 3 nitrogen and oxygen atoms in total. The Morgan fingerprint density at radius 3 is 2.71 bits per heavy atom. The Balaban J connectivity index is 2.33. The van der Waals surface area contributed by atoms with Gasteiger partial charge >= 0.3 is 5.51 Å². The molecule has 1 aromatic rings. The Labute approximate surface area is 101 Å². The van der Waals surface area contributed by atoms with E-state index in [1.807, 2.05) is 0 Å². The largest absolute Gasteiger partial charge is 0.441 e. The maximum Gasteiger partial charge on any atom is 0.441 e. The first-order valence-electron chi connectivity index (χ1n) is 4.80. The number of amides is 1. The van der Waals surface area contributed by atoms with Crippen molar-refractivity contribution in [3.63, 3.8) is 0 Å². The predicted molar refractivity (Wildman–Crippen MR) is 59.8 cm³/mol. The summed E-state index contributed by atoms with van der Waals surface area (Å²) in [4.78, 5) is 15.4. The first-order valence-corrected chi connectivity index (χ1v) is 5.78. The second kappa shape index (κ2) is 5.90. The molecule has 0 saturated carbocycles. The van der Waals surface area contributed by atoms with Crippen LogP contribution in [0.4, 0.5) is 13.2 Å². The van der Waals surface area contributed by atoms with E-state index in [1.165, 1.54) is 6.20 Å². The van der Waals surface area contributed by atoms with Crippen molar-refractivity contribution in [2.75, 3.05) is 12.3 Å². The maximum atomic E-state index is 11.8. The molecule has 0 bridgehead atoms. The molecule has 0 aliphatic heterocycles. The highest BCUT2D eigenvalue weighted by Gasteiger charge is 2.27. The van der Waals surface area contributed by atoms with Crippen LogP contribution in [0.15, 0.2) is 18.3 Å². The molecule has 1 N–H and O–H groups in total. The summed E-state index contributed by atoms with van der Waals surface area (Å²) < 4.78 is 35.4. The summed E-state index contributed by atoms with van der Waals surface area (Å²) in [6.07, 6.45) is 1.39. The highest BCUT2D eigenvalue weighted by atomic mass is 32.2. The third-order valence-corrected chi connectivity index (χ3v) is 2.56. The molecule has 0 saturated heterocycles. The van der Waals surface area contributed by atoms with Crippen LogP contribution in [-0.4, -0.2) is 28.7 Å². The summed E-state index contributed by atoms with van der Waals surface area (Å²) in [6, 6.07) is 3.24. The van der Waals surface area contributed by atoms with Gasteiger partial charge in [-0.2, -0.15) is 13.2 Å². The maximum absolute atomic E-state index is 11.8. The number of hydrogen-bond donors (Lipinski definition) is 1. The molecule has 0 fully saturated rings. The number of carbonyl (C=O) groups is 1. The fraction of sp³-hybridized carbons (Fsp3) is 0.400. The van der Waals surface area contributed by atoms with Crippen LogP contribution in [0.2, 0.25) is 0 Å². The Hall–Kier alpha value is -1.24. The first kappa shape index (κ1) is 13.8. The number of nitrogens with one attached hydrogen (secondary N) is 1. The number of hydrogen-bond acceptors (Lipinski definition) is 3. The summed E-state index contributed by atoms with van der Waals surface area (Å²) in [5.41, 5.74) is -3.14. The molecule has 0 unspecified atom stereocenters. The monoisotopic (exact) mass is 264 g/mol. The summed E-state index contributed by atoms with van der Waals surface area (Å²) in [6.45, 7) is 1.75. The number of aromatic nitrogens is 1. The van der Waals surface area contributed by atoms with Crippen LogP contribution < -0.4 is 5.32 Å². The van der Waals surface area contributed by atoms with Gasteiger partial charge in [-0.25, -0.2) is 0 Å². The molecule has 0 aliphatic rings. The van der Waals surface area contributed by atoms with Crippen LogP contribution >= 0.6 is 11.8 Å². The van der Waals surface area contributed by atoms with Gasteiger partial charge in [0.2, 0.25) is 0 Å². The minimum atomic E-state index is -4.25. The van der Waals surface area contributed by atoms with Crippen molar-refractivity contribution in [3.05, 3.63) is 29.6 Å². The van der Waals surface area contributed by atoms with Crippen molar-refractivity contribution in [2.45, 2.75) is 12.4 Å². The lowest BCUT2D eigenvalue weighted by molar-refractivity contribution is -0.0327. The Morgan fingerprint density at radius 2 is 2.18 bits per heavy atom. The van der Waals surface area contributed by atoms with E-state index >= 15 is 0 Å². The van der Waals surface area contributed by atoms with Crippen LogP contribution in [0.25, 0.3) is 0 Å². The van der Waals surface area contributed by atoms with Gasteiger partial charge in [0.1, 0.15) is 0 Å². The fourth-order valence-corrected chi connectivity index (χ4v) is 1.47. The molecule has 0 spiro atoms. The van der Waals surface area contributed by atoms with Crippen molar-refractivity contribution in [1.29, 1.82) is 0 Å². The molecule has 1 heterocycles. The molecule has 94 valence electrons. The summed E-state index contributed by atoms with van der Waals surface area (Å²) in [5, 5.41) is 2.39. The average molecular weight is 264 g/mol. The SMILES string of the molecule is Cc1ccc(C(=O)NCCSC(F)(F)F)cn1. The van der Waals surface area contributed by atoms with E-state index in [1.54, 1.807) is 19.1 Å². The standard InChI is InChI=1S/C10H11F3N2OS/c1-7-2-3-8(6-15-7)9(16)14-4-5-17-10(11,12)13/h2-3,6H,4-5H2,1H3,(H,14,16). The summed E-state index contributed by atoms with van der Waals surface area (Å²) in [7, 11) is 0. The molecule has 1 rings (SSSR count). The minimum absolute atomic E-state index is 0.0309. The van der Waals surface area contributed by atoms with E-state index in [4.69, 9.17) is 0 Å². The molecular formula is C10H11F3N2OS. The third-order valence-electron chi connectivity index (χ3n) is 1.83. The number of halogens is 3. The Bertz CT molecular complexity index is 378. The molecule has 0 aliphatic carbocycles. The fourth-order valence-electron chi connectivity index (χ4n) is 1.04. The number of pyridine rings is 1. The zero-order valence-corrected chi connectivity index (χ0v) is 9.86. The van der Waals surface area contributed by atoms with Crippen LogP contribution in [-0.2, 0) is 0 Å². The summed E-state index contributed by atoms with van der Waals surface area (Å²) in [5.74, 6) is -0.616. The van der Waals surface area contributed by atoms with E-state index in [2.05, 4.69) is 10.3 Å². The van der Waals surface area contributed by atoms with Gasteiger partial charge in [-0.1, -0.05) is 0 Å². The number of alkyl halides is 3. The number of aryl methyl sites for hydroxylation is 1. The highest BCUT2D eigenvalue weighted by molar-refractivity contribution is 8.00. The molecule has 1 aromatic heterocycles. The normalized spacial score (nSPS) is 11.3. The van der Waals surface area contributed by atoms with Gasteiger partial charge in [-0.15, -0.1) is 0 Å². The van der Waals surface area contributed by atoms with Crippen molar-refractivity contribution in [2.24, 2.45) is 0 Å². The van der Waals surface area contributed by atoms with Crippen molar-refractivity contribution < 1.29 is 18.0 Å². The third kappa shape index (κ3) is 5.58.